The van der Waals surface area contributed by atoms with Gasteiger partial charge in [-0.15, -0.1) is 11.3 Å². The summed E-state index contributed by atoms with van der Waals surface area (Å²) >= 11 is 8.36. The number of hydrogen-bond donors (Lipinski definition) is 1. The maximum atomic E-state index is 12.6. The van der Waals surface area contributed by atoms with Crippen molar-refractivity contribution in [2.75, 3.05) is 19.0 Å². The molecule has 0 fully saturated rings. The van der Waals surface area contributed by atoms with Crippen LogP contribution in [0.15, 0.2) is 27.2 Å². The number of amides is 1. The van der Waals surface area contributed by atoms with Gasteiger partial charge in [0.25, 0.3) is 0 Å². The molecule has 2 aromatic rings. The third-order valence-corrected chi connectivity index (χ3v) is 6.80. The van der Waals surface area contributed by atoms with E-state index < -0.39 is 0 Å². The van der Waals surface area contributed by atoms with Crippen molar-refractivity contribution in [2.24, 2.45) is 0 Å². The Morgan fingerprint density at radius 3 is 2.72 bits per heavy atom. The van der Waals surface area contributed by atoms with Crippen molar-refractivity contribution in [3.05, 3.63) is 48.7 Å². The molecule has 1 aromatic carbocycles. The molecule has 1 amide bonds. The number of methoxy groups -OCH3 is 1. The minimum Gasteiger partial charge on any atom is -0.495 e. The predicted octanol–water partition coefficient (Wildman–Crippen LogP) is 5.99. The monoisotopic (exact) mass is 541 g/mol. The first-order valence-corrected chi connectivity index (χ1v) is 11.7. The highest BCUT2D eigenvalue weighted by Crippen LogP contribution is 2.39. The average molecular weight is 543 g/mol. The highest BCUT2D eigenvalue weighted by Gasteiger charge is 2.26. The number of anilines is 1. The average Bonchev–Trinajstić information content (AvgIpc) is 3.04. The van der Waals surface area contributed by atoms with Gasteiger partial charge in [-0.3, -0.25) is 4.79 Å². The number of aryl methyl sites for hydroxylation is 1. The quantitative estimate of drug-likeness (QED) is 0.359. The summed E-state index contributed by atoms with van der Waals surface area (Å²) in [5.41, 5.74) is 2.28. The molecule has 8 heteroatoms. The molecule has 1 aromatic heterocycles. The molecule has 0 saturated heterocycles. The maximum absolute atomic E-state index is 12.6. The van der Waals surface area contributed by atoms with Gasteiger partial charge in [-0.2, -0.15) is 0 Å². The lowest BCUT2D eigenvalue weighted by Crippen LogP contribution is -2.14. The lowest BCUT2D eigenvalue weighted by Gasteiger charge is -2.12. The van der Waals surface area contributed by atoms with Crippen molar-refractivity contribution < 1.29 is 19.1 Å². The maximum Gasteiger partial charge on any atom is 0.341 e. The van der Waals surface area contributed by atoms with E-state index in [9.17, 15) is 9.59 Å². The van der Waals surface area contributed by atoms with Crippen LogP contribution < -0.4 is 10.1 Å². The van der Waals surface area contributed by atoms with Gasteiger partial charge in [-0.05, 0) is 72.3 Å². The number of nitrogens with one attached hydrogen (secondary N) is 1. The second kappa shape index (κ2) is 9.91. The summed E-state index contributed by atoms with van der Waals surface area (Å²) in [7, 11) is 1.58. The van der Waals surface area contributed by atoms with Crippen LogP contribution >= 0.6 is 43.2 Å². The summed E-state index contributed by atoms with van der Waals surface area (Å²) in [6, 6.07) is 3.74. The van der Waals surface area contributed by atoms with Crippen molar-refractivity contribution in [1.29, 1.82) is 0 Å². The van der Waals surface area contributed by atoms with Gasteiger partial charge in [-0.25, -0.2) is 4.79 Å². The summed E-state index contributed by atoms with van der Waals surface area (Å²) in [6.45, 7) is 2.08. The highest BCUT2D eigenvalue weighted by atomic mass is 79.9. The zero-order valence-corrected chi connectivity index (χ0v) is 20.1. The van der Waals surface area contributed by atoms with Gasteiger partial charge in [0.1, 0.15) is 10.8 Å². The van der Waals surface area contributed by atoms with E-state index in [1.54, 1.807) is 20.1 Å². The number of esters is 1. The number of carbonyl (C=O) groups excluding carboxylic acids is 2. The summed E-state index contributed by atoms with van der Waals surface area (Å²) < 4.78 is 12.3. The molecule has 154 valence electrons. The van der Waals surface area contributed by atoms with E-state index in [2.05, 4.69) is 37.2 Å². The Labute approximate surface area is 190 Å². The molecule has 3 rings (SSSR count). The molecule has 0 unspecified atom stereocenters. The summed E-state index contributed by atoms with van der Waals surface area (Å²) in [5, 5.41) is 3.43. The first-order chi connectivity index (χ1) is 13.9. The zero-order valence-electron chi connectivity index (χ0n) is 16.1. The van der Waals surface area contributed by atoms with Crippen LogP contribution in [0.2, 0.25) is 0 Å². The third-order valence-electron chi connectivity index (χ3n) is 4.54. The Morgan fingerprint density at radius 1 is 1.24 bits per heavy atom. The van der Waals surface area contributed by atoms with Crippen LogP contribution in [0.5, 0.6) is 5.75 Å². The number of thiophene rings is 1. The first kappa shape index (κ1) is 22.1. The Kier molecular flexibility index (Phi) is 7.54. The number of carbonyl (C=O) groups is 2. The molecule has 0 atom stereocenters. The van der Waals surface area contributed by atoms with Crippen LogP contribution in [-0.4, -0.2) is 25.6 Å². The normalized spacial score (nSPS) is 13.2. The Hall–Kier alpha value is -1.64. The molecule has 0 saturated carbocycles. The molecule has 1 aliphatic rings. The molecule has 29 heavy (non-hydrogen) atoms. The second-order valence-corrected chi connectivity index (χ2v) is 9.34. The molecule has 0 radical (unpaired) electrons. The summed E-state index contributed by atoms with van der Waals surface area (Å²) in [5.74, 6) is -0.0490. The zero-order chi connectivity index (χ0) is 21.0. The Bertz CT molecular complexity index is 968. The number of rotatable bonds is 6. The van der Waals surface area contributed by atoms with E-state index in [0.29, 0.717) is 22.9 Å². The smallest absolute Gasteiger partial charge is 0.341 e. The largest absolute Gasteiger partial charge is 0.495 e. The van der Waals surface area contributed by atoms with Gasteiger partial charge < -0.3 is 14.8 Å². The standard InChI is InChI=1S/C21H21Br2NO4S/c1-3-28-21(26)18-14-6-4-5-7-16(14)29-20(18)24-17(25)9-8-12-10-13(22)11-15(23)19(12)27-2/h8-11H,3-7H2,1-2H3,(H,24,25)/b9-8+. The van der Waals surface area contributed by atoms with Gasteiger partial charge in [0.2, 0.25) is 5.91 Å². The molecule has 0 aliphatic heterocycles. The molecular formula is C21H21Br2NO4S. The van der Waals surface area contributed by atoms with Crippen LogP contribution in [0.3, 0.4) is 0 Å². The van der Waals surface area contributed by atoms with E-state index in [-0.39, 0.29) is 11.9 Å². The van der Waals surface area contributed by atoms with Crippen molar-refractivity contribution in [2.45, 2.75) is 32.6 Å². The SMILES string of the molecule is CCOC(=O)c1c(NC(=O)/C=C/c2cc(Br)cc(Br)c2OC)sc2c1CCCC2. The van der Waals surface area contributed by atoms with Gasteiger partial charge >= 0.3 is 5.97 Å². The first-order valence-electron chi connectivity index (χ1n) is 9.28. The van der Waals surface area contributed by atoms with Crippen LogP contribution in [0.25, 0.3) is 6.08 Å². The molecule has 0 bridgehead atoms. The van der Waals surface area contributed by atoms with Crippen molar-refractivity contribution in [3.63, 3.8) is 0 Å². The molecule has 1 heterocycles. The van der Waals surface area contributed by atoms with E-state index in [1.807, 2.05) is 12.1 Å². The molecule has 1 aliphatic carbocycles. The van der Waals surface area contributed by atoms with Crippen molar-refractivity contribution >= 4 is 66.2 Å². The van der Waals surface area contributed by atoms with Gasteiger partial charge in [0.05, 0.1) is 23.8 Å². The van der Waals surface area contributed by atoms with E-state index in [0.717, 1.165) is 50.6 Å². The van der Waals surface area contributed by atoms with Crippen LogP contribution in [-0.2, 0) is 22.4 Å². The van der Waals surface area contributed by atoms with E-state index in [4.69, 9.17) is 9.47 Å². The number of ether oxygens (including phenoxy) is 2. The highest BCUT2D eigenvalue weighted by molar-refractivity contribution is 9.11. The van der Waals surface area contributed by atoms with Crippen molar-refractivity contribution in [1.82, 2.24) is 0 Å². The second-order valence-electron chi connectivity index (χ2n) is 6.47. The molecular weight excluding hydrogens is 522 g/mol. The fraction of sp³-hybridized carbons (Fsp3) is 0.333. The van der Waals surface area contributed by atoms with Crippen molar-refractivity contribution in [3.8, 4) is 5.75 Å². The van der Waals surface area contributed by atoms with E-state index >= 15 is 0 Å². The molecule has 1 N–H and O–H groups in total. The van der Waals surface area contributed by atoms with Gasteiger partial charge in [-0.1, -0.05) is 15.9 Å². The lowest BCUT2D eigenvalue weighted by molar-refractivity contribution is -0.111. The minimum atomic E-state index is -0.372. The van der Waals surface area contributed by atoms with Gasteiger partial charge in [0.15, 0.2) is 0 Å². The lowest BCUT2D eigenvalue weighted by atomic mass is 9.95. The van der Waals surface area contributed by atoms with E-state index in [1.165, 1.54) is 17.4 Å². The Morgan fingerprint density at radius 2 is 2.00 bits per heavy atom. The fourth-order valence-electron chi connectivity index (χ4n) is 3.31. The van der Waals surface area contributed by atoms with Crippen LogP contribution in [0.1, 0.15) is 46.1 Å². The fourth-order valence-corrected chi connectivity index (χ4v) is 6.01. The topological polar surface area (TPSA) is 64.6 Å². The number of benzene rings is 1. The van der Waals surface area contributed by atoms with Crippen LogP contribution in [0, 0.1) is 0 Å². The van der Waals surface area contributed by atoms with Crippen LogP contribution in [0.4, 0.5) is 5.00 Å². The molecule has 5 nitrogen and oxygen atoms in total. The number of hydrogen-bond acceptors (Lipinski definition) is 5. The predicted molar refractivity (Wildman–Crippen MR) is 123 cm³/mol. The number of fused-ring (bicyclic) bond motifs is 1. The minimum absolute atomic E-state index is 0.300. The summed E-state index contributed by atoms with van der Waals surface area (Å²) in [6.07, 6.45) is 7.03. The third kappa shape index (κ3) is 5.10. The Balaban J connectivity index is 1.85. The molecule has 0 spiro atoms. The number of halogens is 2. The van der Waals surface area contributed by atoms with Gasteiger partial charge in [0, 0.05) is 21.0 Å². The summed E-state index contributed by atoms with van der Waals surface area (Å²) in [4.78, 5) is 26.3.